The van der Waals surface area contributed by atoms with Crippen molar-refractivity contribution in [2.75, 3.05) is 19.7 Å². The van der Waals surface area contributed by atoms with Gasteiger partial charge in [0.1, 0.15) is 11.3 Å². The molecule has 0 bridgehead atoms. The lowest BCUT2D eigenvalue weighted by Gasteiger charge is -2.23. The molecule has 0 spiro atoms. The number of amides is 1. The Bertz CT molecular complexity index is 945. The molecule has 3 heterocycles. The highest BCUT2D eigenvalue weighted by molar-refractivity contribution is 5.95. The molecule has 1 amide bonds. The Hall–Kier alpha value is -2.60. The van der Waals surface area contributed by atoms with Crippen molar-refractivity contribution in [1.29, 1.82) is 0 Å². The van der Waals surface area contributed by atoms with Crippen LogP contribution < -0.4 is 20.9 Å². The van der Waals surface area contributed by atoms with Gasteiger partial charge >= 0.3 is 0 Å². The summed E-state index contributed by atoms with van der Waals surface area (Å²) < 4.78 is 7.33. The molecule has 0 aliphatic carbocycles. The highest BCUT2D eigenvalue weighted by Gasteiger charge is 2.19. The summed E-state index contributed by atoms with van der Waals surface area (Å²) >= 11 is 0. The molecular formula is C23H29N3O3. The van der Waals surface area contributed by atoms with E-state index in [0.717, 1.165) is 56.7 Å². The molecule has 154 valence electrons. The van der Waals surface area contributed by atoms with E-state index in [-0.39, 0.29) is 17.0 Å². The average Bonchev–Trinajstić information content (AvgIpc) is 2.75. The number of aryl methyl sites for hydroxylation is 2. The van der Waals surface area contributed by atoms with Crippen molar-refractivity contribution in [2.24, 2.45) is 5.92 Å². The van der Waals surface area contributed by atoms with Crippen molar-refractivity contribution in [2.45, 2.75) is 45.7 Å². The van der Waals surface area contributed by atoms with E-state index in [0.29, 0.717) is 24.6 Å². The number of carbonyl (C=O) groups is 1. The van der Waals surface area contributed by atoms with Crippen LogP contribution in [0.5, 0.6) is 5.75 Å². The normalized spacial score (nSPS) is 18.6. The zero-order chi connectivity index (χ0) is 20.2. The molecule has 1 aromatic carbocycles. The minimum atomic E-state index is -0.308. The fourth-order valence-corrected chi connectivity index (χ4v) is 4.24. The van der Waals surface area contributed by atoms with E-state index >= 15 is 0 Å². The number of fused-ring (bicyclic) bond motifs is 1. The predicted octanol–water partition coefficient (Wildman–Crippen LogP) is 2.41. The molecular weight excluding hydrogens is 366 g/mol. The summed E-state index contributed by atoms with van der Waals surface area (Å²) in [6.07, 6.45) is 6.06. The van der Waals surface area contributed by atoms with E-state index < -0.39 is 0 Å². The van der Waals surface area contributed by atoms with Gasteiger partial charge in [-0.1, -0.05) is 12.1 Å². The van der Waals surface area contributed by atoms with Gasteiger partial charge < -0.3 is 19.9 Å². The van der Waals surface area contributed by atoms with Crippen LogP contribution in [0.25, 0.3) is 0 Å². The van der Waals surface area contributed by atoms with E-state index in [2.05, 4.69) is 16.7 Å². The second-order valence-electron chi connectivity index (χ2n) is 8.12. The van der Waals surface area contributed by atoms with Crippen LogP contribution in [0.1, 0.15) is 46.3 Å². The lowest BCUT2D eigenvalue weighted by Crippen LogP contribution is -2.37. The molecule has 6 heteroatoms. The molecule has 2 N–H and O–H groups in total. The minimum Gasteiger partial charge on any atom is -0.493 e. The van der Waals surface area contributed by atoms with Crippen LogP contribution in [0.4, 0.5) is 0 Å². The highest BCUT2D eigenvalue weighted by Crippen LogP contribution is 2.25. The Labute approximate surface area is 171 Å². The first kappa shape index (κ1) is 19.7. The van der Waals surface area contributed by atoms with Crippen molar-refractivity contribution >= 4 is 5.91 Å². The molecule has 6 nitrogen and oxygen atoms in total. The molecule has 1 atom stereocenters. The molecule has 1 aromatic heterocycles. The third kappa shape index (κ3) is 4.53. The zero-order valence-corrected chi connectivity index (χ0v) is 17.0. The van der Waals surface area contributed by atoms with Crippen LogP contribution in [-0.2, 0) is 19.5 Å². The number of nitrogens with one attached hydrogen (secondary N) is 2. The second-order valence-corrected chi connectivity index (χ2v) is 8.12. The van der Waals surface area contributed by atoms with Gasteiger partial charge in [-0.05, 0) is 80.4 Å². The fraction of sp³-hybridized carbons (Fsp3) is 0.478. The third-order valence-corrected chi connectivity index (χ3v) is 5.88. The van der Waals surface area contributed by atoms with Crippen molar-refractivity contribution in [3.8, 4) is 5.75 Å². The summed E-state index contributed by atoms with van der Waals surface area (Å²) in [7, 11) is 0. The van der Waals surface area contributed by atoms with Gasteiger partial charge in [-0.25, -0.2) is 0 Å². The monoisotopic (exact) mass is 395 g/mol. The Balaban J connectivity index is 1.46. The van der Waals surface area contributed by atoms with Gasteiger partial charge in [0.25, 0.3) is 11.5 Å². The summed E-state index contributed by atoms with van der Waals surface area (Å²) in [5, 5.41) is 6.31. The van der Waals surface area contributed by atoms with Gasteiger partial charge in [0.2, 0.25) is 0 Å². The lowest BCUT2D eigenvalue weighted by atomic mass is 9.99. The first-order chi connectivity index (χ1) is 14.1. The Morgan fingerprint density at radius 1 is 1.31 bits per heavy atom. The summed E-state index contributed by atoms with van der Waals surface area (Å²) in [5.74, 6) is 1.06. The number of nitrogens with zero attached hydrogens (tertiary/aromatic N) is 1. The van der Waals surface area contributed by atoms with Crippen molar-refractivity contribution < 1.29 is 9.53 Å². The Morgan fingerprint density at radius 3 is 3.03 bits per heavy atom. The van der Waals surface area contributed by atoms with Gasteiger partial charge in [0.15, 0.2) is 0 Å². The van der Waals surface area contributed by atoms with E-state index in [1.165, 1.54) is 5.56 Å². The first-order valence-electron chi connectivity index (χ1n) is 10.6. The molecule has 4 rings (SSSR count). The number of hydrogen-bond donors (Lipinski definition) is 2. The zero-order valence-electron chi connectivity index (χ0n) is 17.0. The average molecular weight is 396 g/mol. The van der Waals surface area contributed by atoms with Gasteiger partial charge in [0, 0.05) is 19.3 Å². The molecule has 2 aliphatic heterocycles. The molecule has 1 saturated heterocycles. The topological polar surface area (TPSA) is 72.4 Å². The van der Waals surface area contributed by atoms with Crippen molar-refractivity contribution in [3.63, 3.8) is 0 Å². The first-order valence-corrected chi connectivity index (χ1v) is 10.6. The number of rotatable bonds is 5. The highest BCUT2D eigenvalue weighted by atomic mass is 16.5. The largest absolute Gasteiger partial charge is 0.493 e. The van der Waals surface area contributed by atoms with Crippen LogP contribution in [0, 0.1) is 12.8 Å². The van der Waals surface area contributed by atoms with Crippen LogP contribution in [0.3, 0.4) is 0 Å². The molecule has 2 aliphatic rings. The van der Waals surface area contributed by atoms with Gasteiger partial charge in [0.05, 0.1) is 6.61 Å². The van der Waals surface area contributed by atoms with Crippen molar-refractivity contribution in [3.05, 3.63) is 63.1 Å². The third-order valence-electron chi connectivity index (χ3n) is 5.88. The maximum atomic E-state index is 13.0. The molecule has 0 saturated carbocycles. The number of hydrogen-bond acceptors (Lipinski definition) is 4. The summed E-state index contributed by atoms with van der Waals surface area (Å²) in [5.41, 5.74) is 2.96. The number of aromatic nitrogens is 1. The molecule has 29 heavy (non-hydrogen) atoms. The van der Waals surface area contributed by atoms with Crippen LogP contribution in [0.2, 0.25) is 0 Å². The van der Waals surface area contributed by atoms with E-state index in [4.69, 9.17) is 4.74 Å². The molecule has 1 fully saturated rings. The smallest absolute Gasteiger partial charge is 0.263 e. The van der Waals surface area contributed by atoms with Crippen LogP contribution in [0.15, 0.2) is 35.3 Å². The van der Waals surface area contributed by atoms with Gasteiger partial charge in [-0.3, -0.25) is 9.59 Å². The molecule has 2 aromatic rings. The maximum absolute atomic E-state index is 13.0. The molecule has 1 unspecified atom stereocenters. The summed E-state index contributed by atoms with van der Waals surface area (Å²) in [6, 6.07) is 7.88. The SMILES string of the molecule is Cc1ccn(CC2CCCNC2)c(=O)c1C(=O)NCc1ccc2c(c1)CCCO2. The minimum absolute atomic E-state index is 0.202. The van der Waals surface area contributed by atoms with E-state index in [9.17, 15) is 9.59 Å². The van der Waals surface area contributed by atoms with Crippen molar-refractivity contribution in [1.82, 2.24) is 15.2 Å². The number of carbonyl (C=O) groups excluding carboxylic acids is 1. The summed E-state index contributed by atoms with van der Waals surface area (Å²) in [4.78, 5) is 25.8. The fourth-order valence-electron chi connectivity index (χ4n) is 4.24. The quantitative estimate of drug-likeness (QED) is 0.816. The number of ether oxygens (including phenoxy) is 1. The second kappa shape index (κ2) is 8.82. The van der Waals surface area contributed by atoms with Gasteiger partial charge in [-0.15, -0.1) is 0 Å². The number of piperidine rings is 1. The van der Waals surface area contributed by atoms with E-state index in [1.54, 1.807) is 4.57 Å². The van der Waals surface area contributed by atoms with Gasteiger partial charge in [-0.2, -0.15) is 0 Å². The van der Waals surface area contributed by atoms with Crippen LogP contribution in [-0.4, -0.2) is 30.2 Å². The number of pyridine rings is 1. The van der Waals surface area contributed by atoms with E-state index in [1.807, 2.05) is 31.3 Å². The Morgan fingerprint density at radius 2 is 2.21 bits per heavy atom. The summed E-state index contributed by atoms with van der Waals surface area (Å²) in [6.45, 7) is 5.59. The standard InChI is InChI=1S/C23H29N3O3/c1-16-8-10-26(15-18-4-2-9-24-13-18)23(28)21(16)22(27)25-14-17-6-7-20-19(12-17)5-3-11-29-20/h6-8,10,12,18,24H,2-5,9,11,13-15H2,1H3,(H,25,27). The number of benzene rings is 1. The predicted molar refractivity (Wildman–Crippen MR) is 112 cm³/mol. The maximum Gasteiger partial charge on any atom is 0.263 e. The molecule has 0 radical (unpaired) electrons. The lowest BCUT2D eigenvalue weighted by molar-refractivity contribution is 0.0948. The Kier molecular flexibility index (Phi) is 6.00. The van der Waals surface area contributed by atoms with Crippen LogP contribution >= 0.6 is 0 Å².